The lowest BCUT2D eigenvalue weighted by Gasteiger charge is -2.17. The fraction of sp³-hybridized carbons (Fsp3) is 0.118. The fourth-order valence-corrected chi connectivity index (χ4v) is 2.44. The fourth-order valence-electron chi connectivity index (χ4n) is 2.44. The van der Waals surface area contributed by atoms with Crippen LogP contribution in [0.1, 0.15) is 5.69 Å². The first kappa shape index (κ1) is 17.6. The van der Waals surface area contributed by atoms with Crippen molar-refractivity contribution in [3.8, 4) is 11.3 Å². The van der Waals surface area contributed by atoms with Gasteiger partial charge < -0.3 is 0 Å². The highest BCUT2D eigenvalue weighted by Crippen LogP contribution is 2.32. The van der Waals surface area contributed by atoms with E-state index in [0.717, 1.165) is 15.6 Å². The van der Waals surface area contributed by atoms with Gasteiger partial charge in [-0.25, -0.2) is 9.37 Å². The number of hydrogen-bond acceptors (Lipinski definition) is 3. The van der Waals surface area contributed by atoms with E-state index in [1.165, 1.54) is 43.6 Å². The summed E-state index contributed by atoms with van der Waals surface area (Å²) in [7, 11) is 1.38. The molecule has 0 aliphatic heterocycles. The minimum absolute atomic E-state index is 0.0163. The van der Waals surface area contributed by atoms with E-state index in [1.54, 1.807) is 6.07 Å². The topological polar surface area (TPSA) is 51.0 Å². The summed E-state index contributed by atoms with van der Waals surface area (Å²) in [6, 6.07) is 9.47. The van der Waals surface area contributed by atoms with Gasteiger partial charge in [-0.3, -0.25) is 14.4 Å². The van der Waals surface area contributed by atoms with Crippen molar-refractivity contribution in [3.05, 3.63) is 60.2 Å². The maximum absolute atomic E-state index is 13.9. The van der Waals surface area contributed by atoms with E-state index in [0.29, 0.717) is 12.0 Å². The summed E-state index contributed by atoms with van der Waals surface area (Å²) in [6.07, 6.45) is -2.85. The molecule has 0 N–H and O–H groups in total. The highest BCUT2D eigenvalue weighted by atomic mass is 19.4. The molecule has 0 radical (unpaired) electrons. The van der Waals surface area contributed by atoms with E-state index in [1.807, 2.05) is 0 Å². The van der Waals surface area contributed by atoms with Crippen molar-refractivity contribution < 1.29 is 22.4 Å². The lowest BCUT2D eigenvalue weighted by molar-refractivity contribution is -0.141. The molecule has 2 aromatic heterocycles. The second-order valence-corrected chi connectivity index (χ2v) is 5.37. The molecule has 1 aromatic carbocycles. The third-order valence-electron chi connectivity index (χ3n) is 3.68. The van der Waals surface area contributed by atoms with Gasteiger partial charge in [0, 0.05) is 18.8 Å². The smallest absolute Gasteiger partial charge is 0.278 e. The van der Waals surface area contributed by atoms with E-state index in [-0.39, 0.29) is 17.2 Å². The van der Waals surface area contributed by atoms with Crippen molar-refractivity contribution in [2.75, 3.05) is 4.90 Å². The van der Waals surface area contributed by atoms with Gasteiger partial charge in [-0.15, -0.1) is 0 Å². The maximum Gasteiger partial charge on any atom is 0.435 e. The van der Waals surface area contributed by atoms with Crippen molar-refractivity contribution in [2.45, 2.75) is 6.18 Å². The largest absolute Gasteiger partial charge is 0.435 e. The van der Waals surface area contributed by atoms with E-state index in [9.17, 15) is 22.4 Å². The molecule has 5 nitrogen and oxygen atoms in total. The number of halogens is 4. The minimum atomic E-state index is -4.55. The van der Waals surface area contributed by atoms with Crippen LogP contribution in [0.25, 0.3) is 11.3 Å². The number of amides is 1. The first-order chi connectivity index (χ1) is 12.3. The van der Waals surface area contributed by atoms with Gasteiger partial charge in [-0.2, -0.15) is 18.3 Å². The van der Waals surface area contributed by atoms with Gasteiger partial charge in [0.05, 0.1) is 11.4 Å². The van der Waals surface area contributed by atoms with Crippen molar-refractivity contribution in [2.24, 2.45) is 7.05 Å². The Morgan fingerprint density at radius 1 is 1.15 bits per heavy atom. The van der Waals surface area contributed by atoms with Crippen molar-refractivity contribution >= 4 is 17.9 Å². The highest BCUT2D eigenvalue weighted by molar-refractivity contribution is 5.85. The average Bonchev–Trinajstić information content (AvgIpc) is 3.00. The Kier molecular flexibility index (Phi) is 4.45. The quantitative estimate of drug-likeness (QED) is 0.521. The van der Waals surface area contributed by atoms with Crippen LogP contribution in [0, 0.1) is 5.82 Å². The molecule has 0 spiro atoms. The zero-order valence-electron chi connectivity index (χ0n) is 13.4. The van der Waals surface area contributed by atoms with Crippen LogP contribution in [0.5, 0.6) is 0 Å². The number of hydrogen-bond donors (Lipinski definition) is 0. The summed E-state index contributed by atoms with van der Waals surface area (Å²) < 4.78 is 53.3. The van der Waals surface area contributed by atoms with Crippen molar-refractivity contribution in [3.63, 3.8) is 0 Å². The van der Waals surface area contributed by atoms with Crippen molar-refractivity contribution in [1.82, 2.24) is 14.8 Å². The van der Waals surface area contributed by atoms with Crippen LogP contribution < -0.4 is 4.90 Å². The van der Waals surface area contributed by atoms with E-state index >= 15 is 0 Å². The number of pyridine rings is 1. The number of carbonyl (C=O) groups excluding carboxylic acids is 1. The number of rotatable bonds is 4. The predicted molar refractivity (Wildman–Crippen MR) is 86.0 cm³/mol. The summed E-state index contributed by atoms with van der Waals surface area (Å²) in [5.41, 5.74) is -0.416. The van der Waals surface area contributed by atoms with Gasteiger partial charge in [0.1, 0.15) is 11.6 Å². The van der Waals surface area contributed by atoms with Crippen LogP contribution in [0.4, 0.5) is 29.1 Å². The van der Waals surface area contributed by atoms with Gasteiger partial charge in [0.25, 0.3) is 0 Å². The Morgan fingerprint density at radius 3 is 2.42 bits per heavy atom. The molecule has 3 rings (SSSR count). The van der Waals surface area contributed by atoms with Gasteiger partial charge in [-0.05, 0) is 30.3 Å². The van der Waals surface area contributed by atoms with Gasteiger partial charge >= 0.3 is 6.18 Å². The predicted octanol–water partition coefficient (Wildman–Crippen LogP) is 3.93. The second kappa shape index (κ2) is 6.58. The highest BCUT2D eigenvalue weighted by Gasteiger charge is 2.34. The third kappa shape index (κ3) is 3.28. The number of para-hydroxylation sites is 1. The molecule has 0 atom stereocenters. The molecule has 1 amide bonds. The second-order valence-electron chi connectivity index (χ2n) is 5.37. The third-order valence-corrected chi connectivity index (χ3v) is 3.68. The lowest BCUT2D eigenvalue weighted by Crippen LogP contribution is -2.16. The monoisotopic (exact) mass is 364 g/mol. The lowest BCUT2D eigenvalue weighted by atomic mass is 10.2. The molecule has 0 aliphatic carbocycles. The zero-order valence-corrected chi connectivity index (χ0v) is 13.4. The van der Waals surface area contributed by atoms with E-state index < -0.39 is 17.7 Å². The molecule has 0 aliphatic rings. The van der Waals surface area contributed by atoms with Crippen LogP contribution in [-0.4, -0.2) is 21.2 Å². The number of benzene rings is 1. The Balaban J connectivity index is 1.95. The molecule has 3 aromatic rings. The first-order valence-electron chi connectivity index (χ1n) is 7.38. The van der Waals surface area contributed by atoms with Gasteiger partial charge in [-0.1, -0.05) is 12.1 Å². The van der Waals surface area contributed by atoms with E-state index in [2.05, 4.69) is 10.1 Å². The standard InChI is InChI=1S/C17H12F4N4O/c1-24-14(8-15(23-24)17(19,20)21)11-6-7-16(22-9-11)25(10-26)13-5-3-2-4-12(13)18/h2-10H,1H3. The summed E-state index contributed by atoms with van der Waals surface area (Å²) in [4.78, 5) is 16.4. The van der Waals surface area contributed by atoms with Crippen LogP contribution in [0.3, 0.4) is 0 Å². The molecule has 2 heterocycles. The number of aromatic nitrogens is 3. The Bertz CT molecular complexity index is 935. The summed E-state index contributed by atoms with van der Waals surface area (Å²) in [5.74, 6) is -0.473. The molecule has 0 saturated heterocycles. The normalized spacial score (nSPS) is 11.4. The van der Waals surface area contributed by atoms with Crippen LogP contribution in [0.2, 0.25) is 0 Å². The number of nitrogens with zero attached hydrogens (tertiary/aromatic N) is 4. The van der Waals surface area contributed by atoms with Crippen LogP contribution in [0.15, 0.2) is 48.7 Å². The molecule has 134 valence electrons. The molecule has 0 fully saturated rings. The van der Waals surface area contributed by atoms with Crippen LogP contribution in [-0.2, 0) is 18.0 Å². The molecule has 26 heavy (non-hydrogen) atoms. The first-order valence-corrected chi connectivity index (χ1v) is 7.38. The number of aryl methyl sites for hydroxylation is 1. The molecule has 9 heteroatoms. The molecule has 0 saturated carbocycles. The zero-order chi connectivity index (χ0) is 18.9. The summed E-state index contributed by atoms with van der Waals surface area (Å²) in [6.45, 7) is 0. The molecular formula is C17H12F4N4O. The molecular weight excluding hydrogens is 352 g/mol. The van der Waals surface area contributed by atoms with Gasteiger partial charge in [0.15, 0.2) is 5.69 Å². The maximum atomic E-state index is 13.9. The van der Waals surface area contributed by atoms with E-state index in [4.69, 9.17) is 0 Å². The summed E-state index contributed by atoms with van der Waals surface area (Å²) >= 11 is 0. The SMILES string of the molecule is Cn1nc(C(F)(F)F)cc1-c1ccc(N(C=O)c2ccccc2F)nc1. The number of carbonyl (C=O) groups is 1. The van der Waals surface area contributed by atoms with Crippen molar-refractivity contribution in [1.29, 1.82) is 0 Å². The summed E-state index contributed by atoms with van der Waals surface area (Å²) in [5, 5.41) is 3.44. The average molecular weight is 364 g/mol. The Hall–Kier alpha value is -3.23. The van der Waals surface area contributed by atoms with Gasteiger partial charge in [0.2, 0.25) is 6.41 Å². The Labute approximate surface area is 145 Å². The number of alkyl halides is 3. The number of anilines is 2. The minimum Gasteiger partial charge on any atom is -0.278 e. The van der Waals surface area contributed by atoms with Crippen LogP contribution >= 0.6 is 0 Å². The molecule has 0 bridgehead atoms. The Morgan fingerprint density at radius 2 is 1.88 bits per heavy atom. The molecule has 0 unspecified atom stereocenters.